The van der Waals surface area contributed by atoms with Gasteiger partial charge in [0, 0.05) is 97.7 Å². The van der Waals surface area contributed by atoms with E-state index >= 15 is 0 Å². The number of hydrogen-bond donors (Lipinski definition) is 23. The van der Waals surface area contributed by atoms with Gasteiger partial charge in [0.15, 0.2) is 37.7 Å². The number of carbonyl (C=O) groups excluding carboxylic acids is 6. The second-order valence-corrected chi connectivity index (χ2v) is 31.3. The Bertz CT molecular complexity index is 2660. The fourth-order valence-electron chi connectivity index (χ4n) is 13.6. The van der Waals surface area contributed by atoms with E-state index in [9.17, 15) is 121 Å². The lowest BCUT2D eigenvalue weighted by Gasteiger charge is -2.39. The van der Waals surface area contributed by atoms with Crippen LogP contribution in [0.25, 0.3) is 0 Å². The lowest BCUT2D eigenvalue weighted by Crippen LogP contribution is -2.57. The van der Waals surface area contributed by atoms with Crippen LogP contribution in [0.15, 0.2) is 0 Å². The molecule has 6 rings (SSSR count). The third-order valence-corrected chi connectivity index (χ3v) is 21.4. The van der Waals surface area contributed by atoms with Gasteiger partial charge in [-0.1, -0.05) is 12.8 Å². The number of aliphatic hydroxyl groups is 18. The second kappa shape index (κ2) is 58.9. The minimum absolute atomic E-state index is 0.00852. The van der Waals surface area contributed by atoms with Gasteiger partial charge in [0.25, 0.3) is 0 Å². The number of carbonyl (C=O) groups is 6. The van der Waals surface area contributed by atoms with Gasteiger partial charge in [-0.3, -0.25) is 38.6 Å². The van der Waals surface area contributed by atoms with Crippen molar-refractivity contribution >= 4 is 35.4 Å². The highest BCUT2D eigenvalue weighted by Crippen LogP contribution is 2.28. The van der Waals surface area contributed by atoms with Gasteiger partial charge in [-0.15, -0.1) is 0 Å². The highest BCUT2D eigenvalue weighted by molar-refractivity contribution is 5.79. The zero-order valence-electron chi connectivity index (χ0n) is 71.9. The molecule has 23 N–H and O–H groups in total. The van der Waals surface area contributed by atoms with Crippen LogP contribution in [0.3, 0.4) is 0 Å². The van der Waals surface area contributed by atoms with E-state index in [4.69, 9.17) is 56.8 Å². The van der Waals surface area contributed by atoms with Crippen molar-refractivity contribution in [3.63, 3.8) is 0 Å². The molecule has 0 aromatic carbocycles. The van der Waals surface area contributed by atoms with E-state index in [2.05, 4.69) is 26.6 Å². The Balaban J connectivity index is 0.000000384. The molecule has 714 valence electrons. The summed E-state index contributed by atoms with van der Waals surface area (Å²) in [5.41, 5.74) is 0. The Hall–Kier alpha value is -4.46. The van der Waals surface area contributed by atoms with Crippen molar-refractivity contribution in [3.05, 3.63) is 0 Å². The molecule has 0 radical (unpaired) electrons. The summed E-state index contributed by atoms with van der Waals surface area (Å²) in [5.74, 6) is -0.660. The van der Waals surface area contributed by atoms with Gasteiger partial charge in [-0.05, 0) is 114 Å². The first-order valence-electron chi connectivity index (χ1n) is 42.8. The van der Waals surface area contributed by atoms with Crippen LogP contribution in [0.4, 0.5) is 0 Å². The fourth-order valence-corrected chi connectivity index (χ4v) is 13.6. The maximum absolute atomic E-state index is 12.9. The van der Waals surface area contributed by atoms with Gasteiger partial charge in [-0.25, -0.2) is 0 Å². The molecule has 44 nitrogen and oxygen atoms in total. The highest BCUT2D eigenvalue weighted by atomic mass is 16.7. The van der Waals surface area contributed by atoms with Gasteiger partial charge in [-0.2, -0.15) is 0 Å². The minimum atomic E-state index is -1.46. The zero-order valence-corrected chi connectivity index (χ0v) is 71.9. The van der Waals surface area contributed by atoms with E-state index in [0.717, 1.165) is 25.7 Å². The van der Waals surface area contributed by atoms with Crippen LogP contribution in [-0.2, 0) is 85.6 Å². The molecule has 0 bridgehead atoms. The molecular formula is C78H146N8O36. The summed E-state index contributed by atoms with van der Waals surface area (Å²) in [6.45, 7) is 19.2. The van der Waals surface area contributed by atoms with Crippen molar-refractivity contribution in [2.45, 2.75) is 336 Å². The summed E-state index contributed by atoms with van der Waals surface area (Å²) in [7, 11) is 0. The lowest BCUT2D eigenvalue weighted by atomic mass is 10.0. The SMILES string of the molecule is CCNC(=O)CCCCC(=O)N(CCCO[C@@H]1O[C@@H](C)[C@@H](O)[C@@H](O)[C@@H]1O)CCCO[C@@H]1O[C@@H](C)[C@@H](O)[C@@H](O)[C@@H]1O.CCNC(=O)CCCCCNC(=O)CN(CCO[C@@H]1O[C@@H](C)[C@@H](O)[C@@H](O)[C@@H]1O)CCO[C@@H]1O[C@@H](C)[C@@H](O)[C@@H](O)[C@@H]1O.CCNC(=O)CCCCCNC(=O)CN(CCO[C@@H]1O[C@@H](C)[C@@H](O)[C@@H](O)[C@@H]1O)CCO[C@@H]1O[C@@H](C)[C@@H](O)[C@@H](O)[C@@H]1O. The number of aliphatic hydroxyl groups excluding tert-OH is 18. The third kappa shape index (κ3) is 38.1. The Morgan fingerprint density at radius 2 is 0.475 bits per heavy atom. The predicted molar refractivity (Wildman–Crippen MR) is 426 cm³/mol. The molecule has 6 aliphatic heterocycles. The van der Waals surface area contributed by atoms with Crippen LogP contribution in [0.1, 0.15) is 152 Å². The van der Waals surface area contributed by atoms with Gasteiger partial charge < -0.3 is 180 Å². The van der Waals surface area contributed by atoms with Crippen LogP contribution in [-0.4, -0.2) is 451 Å². The monoisotopic (exact) mass is 1770 g/mol. The summed E-state index contributed by atoms with van der Waals surface area (Å²) in [6, 6.07) is 0. The number of amides is 6. The van der Waals surface area contributed by atoms with Crippen molar-refractivity contribution in [1.29, 1.82) is 0 Å². The third-order valence-electron chi connectivity index (χ3n) is 21.4. The molecule has 0 saturated carbocycles. The molecule has 6 aliphatic rings. The maximum Gasteiger partial charge on any atom is 0.234 e. The van der Waals surface area contributed by atoms with Gasteiger partial charge in [0.05, 0.1) is 89.4 Å². The van der Waals surface area contributed by atoms with Crippen LogP contribution in [0.5, 0.6) is 0 Å². The molecule has 0 aromatic rings. The molecule has 0 aromatic heterocycles. The first kappa shape index (κ1) is 110. The lowest BCUT2D eigenvalue weighted by molar-refractivity contribution is -0.295. The molecule has 0 spiro atoms. The Kier molecular flexibility index (Phi) is 53.0. The highest BCUT2D eigenvalue weighted by Gasteiger charge is 2.48. The van der Waals surface area contributed by atoms with E-state index in [1.807, 2.05) is 20.8 Å². The van der Waals surface area contributed by atoms with Gasteiger partial charge >= 0.3 is 0 Å². The van der Waals surface area contributed by atoms with Crippen LogP contribution >= 0.6 is 0 Å². The number of unbranched alkanes of at least 4 members (excludes halogenated alkanes) is 5. The first-order valence-corrected chi connectivity index (χ1v) is 42.8. The van der Waals surface area contributed by atoms with Gasteiger partial charge in [0.1, 0.15) is 110 Å². The number of nitrogens with one attached hydrogen (secondary N) is 5. The molecule has 0 aliphatic carbocycles. The number of nitrogens with zero attached hydrogens (tertiary/aromatic N) is 3. The molecule has 6 amide bonds. The topological polar surface area (TPSA) is 647 Å². The van der Waals surface area contributed by atoms with Crippen molar-refractivity contribution in [2.24, 2.45) is 0 Å². The molecule has 44 heteroatoms. The van der Waals surface area contributed by atoms with E-state index in [1.54, 1.807) is 56.2 Å². The van der Waals surface area contributed by atoms with E-state index in [1.165, 1.54) is 0 Å². The van der Waals surface area contributed by atoms with Crippen LogP contribution in [0.2, 0.25) is 0 Å². The van der Waals surface area contributed by atoms with E-state index < -0.39 is 184 Å². The van der Waals surface area contributed by atoms with Crippen molar-refractivity contribution < 1.29 is 178 Å². The van der Waals surface area contributed by atoms with Crippen LogP contribution in [0, 0.1) is 0 Å². The molecule has 30 atom stereocenters. The summed E-state index contributed by atoms with van der Waals surface area (Å²) in [5, 5.41) is 194. The molecule has 0 unspecified atom stereocenters. The Labute approximate surface area is 712 Å². The maximum atomic E-state index is 12.9. The normalized spacial score (nSPS) is 34.1. The zero-order chi connectivity index (χ0) is 90.9. The quantitative estimate of drug-likeness (QED) is 0.0252. The molecule has 6 fully saturated rings. The van der Waals surface area contributed by atoms with Crippen molar-refractivity contribution in [3.8, 4) is 0 Å². The van der Waals surface area contributed by atoms with Crippen molar-refractivity contribution in [1.82, 2.24) is 41.3 Å². The average molecular weight is 1770 g/mol. The minimum Gasteiger partial charge on any atom is -0.388 e. The number of rotatable bonds is 50. The van der Waals surface area contributed by atoms with E-state index in [-0.39, 0.29) is 121 Å². The van der Waals surface area contributed by atoms with Crippen molar-refractivity contribution in [2.75, 3.05) is 125 Å². The summed E-state index contributed by atoms with van der Waals surface area (Å²) in [6.07, 6.45) is -28.2. The van der Waals surface area contributed by atoms with E-state index in [0.29, 0.717) is 104 Å². The van der Waals surface area contributed by atoms with Gasteiger partial charge in [0.2, 0.25) is 35.4 Å². The first-order chi connectivity index (χ1) is 57.9. The van der Waals surface area contributed by atoms with Crippen LogP contribution < -0.4 is 26.6 Å². The summed E-state index contributed by atoms with van der Waals surface area (Å²) >= 11 is 0. The standard InChI is InChI=1S/2C26H49N3O12.C26H48N2O12/c2*1-4-27-17(30)8-6-5-7-9-28-18(31)14-29(10-12-38-25-23(36)21(34)19(32)15(2)40-25)11-13-39-26-24(37)22(35)20(33)16(3)41-26;1-4-27-17(29)9-5-6-10-18(30)28(11-7-13-37-25-23(35)21(33)19(31)15(2)39-25)12-8-14-38-26-24(36)22(34)20(32)16(3)40-26/h2*15-16,19-26,32-37H,4-14H2,1-3H3,(H,27,30)(H,28,31);15-16,19-26,31-36H,4-14H2,1-3H3,(H,27,29)/t3*15-,16-,19+,20+,21+,22+,23-,24-,25+,26+/m000/s1. The predicted octanol–water partition coefficient (Wildman–Crippen LogP) is -8.44. The Morgan fingerprint density at radius 3 is 0.713 bits per heavy atom. The smallest absolute Gasteiger partial charge is 0.234 e. The molecule has 6 saturated heterocycles. The second-order valence-electron chi connectivity index (χ2n) is 31.3. The summed E-state index contributed by atoms with van der Waals surface area (Å²) in [4.78, 5) is 77.9. The molecule has 122 heavy (non-hydrogen) atoms. The average Bonchev–Trinajstić information content (AvgIpc) is 0.853. The number of hydrogen-bond acceptors (Lipinski definition) is 38. The fraction of sp³-hybridized carbons (Fsp3) is 0.923. The Morgan fingerprint density at radius 1 is 0.254 bits per heavy atom. The number of ether oxygens (including phenoxy) is 12. The summed E-state index contributed by atoms with van der Waals surface area (Å²) < 4.78 is 66.1. The molecule has 6 heterocycles. The molecular weight excluding hydrogens is 1620 g/mol. The largest absolute Gasteiger partial charge is 0.388 e.